The summed E-state index contributed by atoms with van der Waals surface area (Å²) < 4.78 is 7.99. The van der Waals surface area contributed by atoms with Crippen molar-refractivity contribution >= 4 is 22.8 Å². The second kappa shape index (κ2) is 7.08. The van der Waals surface area contributed by atoms with Crippen LogP contribution in [0.2, 0.25) is 0 Å². The third-order valence-corrected chi connectivity index (χ3v) is 6.02. The van der Waals surface area contributed by atoms with Crippen LogP contribution in [0.15, 0.2) is 24.5 Å². The van der Waals surface area contributed by atoms with E-state index in [1.807, 2.05) is 32.3 Å². The minimum Gasteiger partial charge on any atom is -0.441 e. The standard InChI is InChI=1S/C22H25N5O2/c1-21(2,12-23)13-27-14-22(29-20(27)28)8-4-5-16(10-22)11-26-15-25-18-7-6-17(24-3)9-19(18)26/h6-7,9,15-16H,4-5,8,10-11,13-14H2,1-2H3/t16-,22-/m0/s1. The van der Waals surface area contributed by atoms with Crippen molar-refractivity contribution in [2.24, 2.45) is 11.3 Å². The first-order valence-corrected chi connectivity index (χ1v) is 10.0. The van der Waals surface area contributed by atoms with Crippen molar-refractivity contribution in [3.8, 4) is 6.07 Å². The van der Waals surface area contributed by atoms with Crippen molar-refractivity contribution in [1.82, 2.24) is 14.5 Å². The van der Waals surface area contributed by atoms with Crippen LogP contribution >= 0.6 is 0 Å². The van der Waals surface area contributed by atoms with Gasteiger partial charge in [0.1, 0.15) is 5.60 Å². The van der Waals surface area contributed by atoms with E-state index >= 15 is 0 Å². The number of carbonyl (C=O) groups is 1. The Balaban J connectivity index is 1.49. The van der Waals surface area contributed by atoms with E-state index in [4.69, 9.17) is 11.3 Å². The molecule has 1 spiro atoms. The third kappa shape index (κ3) is 3.78. The molecule has 1 aromatic carbocycles. The number of nitrogens with zero attached hydrogens (tertiary/aromatic N) is 5. The number of amides is 1. The Hall–Kier alpha value is -3.06. The number of ether oxygens (including phenoxy) is 1. The first-order valence-electron chi connectivity index (χ1n) is 10.0. The maximum atomic E-state index is 12.5. The van der Waals surface area contributed by atoms with Crippen LogP contribution in [0.3, 0.4) is 0 Å². The van der Waals surface area contributed by atoms with Crippen LogP contribution < -0.4 is 0 Å². The van der Waals surface area contributed by atoms with Crippen molar-refractivity contribution < 1.29 is 9.53 Å². The van der Waals surface area contributed by atoms with E-state index in [9.17, 15) is 10.1 Å². The molecule has 0 unspecified atom stereocenters. The number of imidazole rings is 1. The van der Waals surface area contributed by atoms with Crippen molar-refractivity contribution in [3.05, 3.63) is 35.9 Å². The van der Waals surface area contributed by atoms with Gasteiger partial charge in [0.25, 0.3) is 0 Å². The summed E-state index contributed by atoms with van der Waals surface area (Å²) in [6.07, 6.45) is 5.29. The lowest BCUT2D eigenvalue weighted by Crippen LogP contribution is -2.42. The van der Waals surface area contributed by atoms with E-state index in [1.54, 1.807) is 11.0 Å². The molecule has 150 valence electrons. The molecule has 29 heavy (non-hydrogen) atoms. The van der Waals surface area contributed by atoms with Crippen molar-refractivity contribution in [2.45, 2.75) is 51.7 Å². The van der Waals surface area contributed by atoms with E-state index in [2.05, 4.69) is 20.5 Å². The Morgan fingerprint density at radius 2 is 2.31 bits per heavy atom. The summed E-state index contributed by atoms with van der Waals surface area (Å²) in [4.78, 5) is 22.1. The lowest BCUT2D eigenvalue weighted by Gasteiger charge is -2.36. The number of benzene rings is 1. The summed E-state index contributed by atoms with van der Waals surface area (Å²) in [6, 6.07) is 7.82. The highest BCUT2D eigenvalue weighted by Crippen LogP contribution is 2.41. The average molecular weight is 391 g/mol. The van der Waals surface area contributed by atoms with Crippen LogP contribution in [-0.4, -0.2) is 39.2 Å². The third-order valence-electron chi connectivity index (χ3n) is 6.02. The zero-order valence-electron chi connectivity index (χ0n) is 16.9. The fourth-order valence-electron chi connectivity index (χ4n) is 4.70. The number of hydrogen-bond donors (Lipinski definition) is 0. The molecular weight excluding hydrogens is 366 g/mol. The predicted octanol–water partition coefficient (Wildman–Crippen LogP) is 4.52. The minimum atomic E-state index is -0.588. The largest absolute Gasteiger partial charge is 0.441 e. The first kappa shape index (κ1) is 19.3. The topological polar surface area (TPSA) is 75.5 Å². The molecule has 1 saturated carbocycles. The Kier molecular flexibility index (Phi) is 4.70. The first-order chi connectivity index (χ1) is 13.8. The zero-order chi connectivity index (χ0) is 20.6. The van der Waals surface area contributed by atoms with Crippen LogP contribution in [0.1, 0.15) is 39.5 Å². The minimum absolute atomic E-state index is 0.302. The van der Waals surface area contributed by atoms with Gasteiger partial charge >= 0.3 is 6.09 Å². The Morgan fingerprint density at radius 3 is 3.07 bits per heavy atom. The molecule has 7 heteroatoms. The van der Waals surface area contributed by atoms with Gasteiger partial charge in [0, 0.05) is 13.1 Å². The molecule has 1 aromatic heterocycles. The molecule has 2 fully saturated rings. The predicted molar refractivity (Wildman–Crippen MR) is 108 cm³/mol. The summed E-state index contributed by atoms with van der Waals surface area (Å²) in [5.41, 5.74) is 1.43. The van der Waals surface area contributed by atoms with Gasteiger partial charge in [-0.15, -0.1) is 0 Å². The van der Waals surface area contributed by atoms with E-state index in [0.717, 1.165) is 43.3 Å². The van der Waals surface area contributed by atoms with Crippen LogP contribution in [0.25, 0.3) is 15.9 Å². The SMILES string of the molecule is [C-]#[N+]c1ccc2ncn(C[C@H]3CCC[C@]4(C3)CN(CC(C)(C)C#N)C(=O)O4)c2c1. The monoisotopic (exact) mass is 391 g/mol. The van der Waals surface area contributed by atoms with E-state index < -0.39 is 11.0 Å². The molecule has 0 bridgehead atoms. The van der Waals surface area contributed by atoms with Crippen LogP contribution in [0.5, 0.6) is 0 Å². The molecule has 4 rings (SSSR count). The molecule has 2 aliphatic rings. The van der Waals surface area contributed by atoms with Gasteiger partial charge in [-0.25, -0.2) is 14.6 Å². The second-order valence-electron chi connectivity index (χ2n) is 9.05. The number of carbonyl (C=O) groups excluding carboxylic acids is 1. The average Bonchev–Trinajstić information content (AvgIpc) is 3.21. The van der Waals surface area contributed by atoms with Gasteiger partial charge < -0.3 is 14.2 Å². The maximum Gasteiger partial charge on any atom is 0.410 e. The van der Waals surface area contributed by atoms with E-state index in [0.29, 0.717) is 24.7 Å². The molecule has 1 aliphatic carbocycles. The number of nitriles is 1. The van der Waals surface area contributed by atoms with Crippen molar-refractivity contribution in [3.63, 3.8) is 0 Å². The number of rotatable bonds is 4. The highest BCUT2D eigenvalue weighted by molar-refractivity contribution is 5.79. The molecular formula is C22H25N5O2. The van der Waals surface area contributed by atoms with Gasteiger partial charge in [0.05, 0.1) is 42.0 Å². The molecule has 1 amide bonds. The Bertz CT molecular complexity index is 1030. The van der Waals surface area contributed by atoms with Gasteiger partial charge in [0.2, 0.25) is 0 Å². The summed E-state index contributed by atoms with van der Waals surface area (Å²) in [7, 11) is 0. The van der Waals surface area contributed by atoms with Crippen LogP contribution in [0.4, 0.5) is 10.5 Å². The molecule has 2 atom stereocenters. The zero-order valence-corrected chi connectivity index (χ0v) is 16.9. The molecule has 1 saturated heterocycles. The van der Waals surface area contributed by atoms with Crippen LogP contribution in [0, 0.1) is 29.2 Å². The number of hydrogen-bond acceptors (Lipinski definition) is 4. The number of aromatic nitrogens is 2. The Morgan fingerprint density at radius 1 is 1.48 bits per heavy atom. The molecule has 0 N–H and O–H groups in total. The van der Waals surface area contributed by atoms with E-state index in [-0.39, 0.29) is 6.09 Å². The molecule has 1 aliphatic heterocycles. The van der Waals surface area contributed by atoms with Gasteiger partial charge in [-0.1, -0.05) is 6.07 Å². The molecule has 0 radical (unpaired) electrons. The van der Waals surface area contributed by atoms with Gasteiger partial charge in [-0.2, -0.15) is 5.26 Å². The smallest absolute Gasteiger partial charge is 0.410 e. The van der Waals surface area contributed by atoms with Gasteiger partial charge in [-0.05, 0) is 57.6 Å². The summed E-state index contributed by atoms with van der Waals surface area (Å²) in [6.45, 7) is 12.7. The van der Waals surface area contributed by atoms with Gasteiger partial charge in [0.15, 0.2) is 5.69 Å². The number of fused-ring (bicyclic) bond motifs is 1. The normalized spacial score (nSPS) is 24.5. The highest BCUT2D eigenvalue weighted by atomic mass is 16.6. The molecule has 2 heterocycles. The van der Waals surface area contributed by atoms with Crippen molar-refractivity contribution in [1.29, 1.82) is 5.26 Å². The fourth-order valence-corrected chi connectivity index (χ4v) is 4.70. The Labute approximate surface area is 170 Å². The highest BCUT2D eigenvalue weighted by Gasteiger charge is 2.48. The second-order valence-corrected chi connectivity index (χ2v) is 9.05. The molecule has 7 nitrogen and oxygen atoms in total. The summed E-state index contributed by atoms with van der Waals surface area (Å²) >= 11 is 0. The lowest BCUT2D eigenvalue weighted by molar-refractivity contribution is 0.00413. The lowest BCUT2D eigenvalue weighted by atomic mass is 9.77. The maximum absolute atomic E-state index is 12.5. The van der Waals surface area contributed by atoms with E-state index in [1.165, 1.54) is 0 Å². The summed E-state index contributed by atoms with van der Waals surface area (Å²) in [5, 5.41) is 9.30. The quantitative estimate of drug-likeness (QED) is 0.718. The fraction of sp³-hybridized carbons (Fsp3) is 0.545. The van der Waals surface area contributed by atoms with Crippen molar-refractivity contribution in [2.75, 3.05) is 13.1 Å². The van der Waals surface area contributed by atoms with Gasteiger partial charge in [-0.3, -0.25) is 0 Å². The molecule has 2 aromatic rings. The van der Waals surface area contributed by atoms with Crippen LogP contribution in [-0.2, 0) is 11.3 Å². The summed E-state index contributed by atoms with van der Waals surface area (Å²) in [5.74, 6) is 0.370.